The van der Waals surface area contributed by atoms with Gasteiger partial charge in [0.25, 0.3) is 5.91 Å². The van der Waals surface area contributed by atoms with Crippen LogP contribution in [-0.4, -0.2) is 21.1 Å². The second-order valence-corrected chi connectivity index (χ2v) is 4.02. The SMILES string of the molecule is Cc1cc(NC(=O)c2cc(Cl)c(Cl)[nH]2)n[nH]1. The fraction of sp³-hybridized carbons (Fsp3) is 0.111. The zero-order valence-corrected chi connectivity index (χ0v) is 9.78. The Balaban J connectivity index is 2.14. The molecule has 0 aliphatic carbocycles. The number of anilines is 1. The van der Waals surface area contributed by atoms with Gasteiger partial charge in [0.1, 0.15) is 10.8 Å². The van der Waals surface area contributed by atoms with Gasteiger partial charge in [-0.3, -0.25) is 9.89 Å². The molecule has 0 saturated heterocycles. The summed E-state index contributed by atoms with van der Waals surface area (Å²) in [4.78, 5) is 14.3. The summed E-state index contributed by atoms with van der Waals surface area (Å²) in [6, 6.07) is 3.17. The van der Waals surface area contributed by atoms with Crippen molar-refractivity contribution in [1.82, 2.24) is 15.2 Å². The lowest BCUT2D eigenvalue weighted by molar-refractivity contribution is 0.102. The highest BCUT2D eigenvalue weighted by Gasteiger charge is 2.12. The predicted molar refractivity (Wildman–Crippen MR) is 62.1 cm³/mol. The quantitative estimate of drug-likeness (QED) is 0.775. The van der Waals surface area contributed by atoms with E-state index < -0.39 is 0 Å². The minimum atomic E-state index is -0.347. The Morgan fingerprint density at radius 1 is 1.44 bits per heavy atom. The second-order valence-electron chi connectivity index (χ2n) is 3.24. The molecule has 0 bridgehead atoms. The maximum Gasteiger partial charge on any atom is 0.273 e. The number of halogens is 2. The average molecular weight is 259 g/mol. The van der Waals surface area contributed by atoms with Crippen LogP contribution >= 0.6 is 23.2 Å². The van der Waals surface area contributed by atoms with Gasteiger partial charge >= 0.3 is 0 Å². The molecule has 5 nitrogen and oxygen atoms in total. The van der Waals surface area contributed by atoms with E-state index in [1.807, 2.05) is 6.92 Å². The van der Waals surface area contributed by atoms with Crippen LogP contribution in [0.15, 0.2) is 12.1 Å². The highest BCUT2D eigenvalue weighted by atomic mass is 35.5. The first kappa shape index (κ1) is 11.0. The van der Waals surface area contributed by atoms with Crippen LogP contribution in [0.25, 0.3) is 0 Å². The smallest absolute Gasteiger partial charge is 0.273 e. The Labute approximate surface area is 101 Å². The zero-order chi connectivity index (χ0) is 11.7. The minimum Gasteiger partial charge on any atom is -0.340 e. The van der Waals surface area contributed by atoms with Crippen LogP contribution < -0.4 is 5.32 Å². The Morgan fingerprint density at radius 3 is 2.69 bits per heavy atom. The van der Waals surface area contributed by atoms with Crippen molar-refractivity contribution in [3.8, 4) is 0 Å². The van der Waals surface area contributed by atoms with Crippen molar-refractivity contribution in [3.05, 3.63) is 33.7 Å². The van der Waals surface area contributed by atoms with Crippen LogP contribution in [0.4, 0.5) is 5.82 Å². The molecule has 0 aromatic carbocycles. The summed E-state index contributed by atoms with van der Waals surface area (Å²) in [6.07, 6.45) is 0. The number of aromatic nitrogens is 3. The van der Waals surface area contributed by atoms with Gasteiger partial charge in [0.2, 0.25) is 0 Å². The highest BCUT2D eigenvalue weighted by Crippen LogP contribution is 2.22. The van der Waals surface area contributed by atoms with Crippen molar-refractivity contribution in [2.24, 2.45) is 0 Å². The molecule has 0 saturated carbocycles. The third-order valence-corrected chi connectivity index (χ3v) is 2.61. The van der Waals surface area contributed by atoms with Crippen LogP contribution in [0.2, 0.25) is 10.2 Å². The molecule has 16 heavy (non-hydrogen) atoms. The first-order valence-corrected chi connectivity index (χ1v) is 5.19. The summed E-state index contributed by atoms with van der Waals surface area (Å²) in [7, 11) is 0. The number of hydrogen-bond acceptors (Lipinski definition) is 2. The summed E-state index contributed by atoms with van der Waals surface area (Å²) in [5.41, 5.74) is 1.15. The number of nitrogens with one attached hydrogen (secondary N) is 3. The zero-order valence-electron chi connectivity index (χ0n) is 8.27. The van der Waals surface area contributed by atoms with Gasteiger partial charge < -0.3 is 10.3 Å². The van der Waals surface area contributed by atoms with E-state index in [0.29, 0.717) is 10.8 Å². The van der Waals surface area contributed by atoms with E-state index in [4.69, 9.17) is 23.2 Å². The molecule has 0 aliphatic rings. The Morgan fingerprint density at radius 2 is 2.19 bits per heavy atom. The molecule has 0 unspecified atom stereocenters. The molecule has 3 N–H and O–H groups in total. The molecule has 0 atom stereocenters. The summed E-state index contributed by atoms with van der Waals surface area (Å²) < 4.78 is 0. The van der Waals surface area contributed by atoms with Crippen molar-refractivity contribution < 1.29 is 4.79 Å². The Bertz CT molecular complexity index is 512. The number of aryl methyl sites for hydroxylation is 1. The number of carbonyl (C=O) groups is 1. The van der Waals surface area contributed by atoms with Gasteiger partial charge in [-0.2, -0.15) is 5.10 Å². The molecule has 2 heterocycles. The molecule has 2 aromatic rings. The lowest BCUT2D eigenvalue weighted by Gasteiger charge is -1.97. The lowest BCUT2D eigenvalue weighted by atomic mass is 10.4. The van der Waals surface area contributed by atoms with Crippen molar-refractivity contribution in [3.63, 3.8) is 0 Å². The normalized spacial score (nSPS) is 10.4. The number of nitrogens with zero attached hydrogens (tertiary/aromatic N) is 1. The Kier molecular flexibility index (Phi) is 2.89. The Hall–Kier alpha value is -1.46. The van der Waals surface area contributed by atoms with E-state index in [9.17, 15) is 4.79 Å². The van der Waals surface area contributed by atoms with Crippen molar-refractivity contribution in [2.75, 3.05) is 5.32 Å². The van der Waals surface area contributed by atoms with Crippen LogP contribution in [0, 0.1) is 6.92 Å². The molecule has 0 radical (unpaired) electrons. The van der Waals surface area contributed by atoms with E-state index in [1.165, 1.54) is 6.07 Å². The summed E-state index contributed by atoms with van der Waals surface area (Å²) >= 11 is 11.4. The second kappa shape index (κ2) is 4.19. The van der Waals surface area contributed by atoms with Crippen molar-refractivity contribution in [2.45, 2.75) is 6.92 Å². The molecule has 2 aromatic heterocycles. The van der Waals surface area contributed by atoms with E-state index >= 15 is 0 Å². The topological polar surface area (TPSA) is 73.6 Å². The molecule has 2 rings (SSSR count). The van der Waals surface area contributed by atoms with Gasteiger partial charge in [-0.15, -0.1) is 0 Å². The largest absolute Gasteiger partial charge is 0.340 e. The van der Waals surface area contributed by atoms with E-state index in [-0.39, 0.29) is 16.8 Å². The maximum absolute atomic E-state index is 11.7. The van der Waals surface area contributed by atoms with Crippen LogP contribution in [-0.2, 0) is 0 Å². The van der Waals surface area contributed by atoms with Gasteiger partial charge in [-0.25, -0.2) is 0 Å². The number of hydrogen-bond donors (Lipinski definition) is 3. The number of H-pyrrole nitrogens is 2. The summed E-state index contributed by atoms with van der Waals surface area (Å²) in [5.74, 6) is 0.102. The molecular formula is C9H8Cl2N4O. The fourth-order valence-corrected chi connectivity index (χ4v) is 1.50. The third-order valence-electron chi connectivity index (χ3n) is 1.92. The monoisotopic (exact) mass is 258 g/mol. The first-order valence-electron chi connectivity index (χ1n) is 4.43. The summed E-state index contributed by atoms with van der Waals surface area (Å²) in [6.45, 7) is 1.84. The van der Waals surface area contributed by atoms with Gasteiger partial charge in [-0.05, 0) is 13.0 Å². The average Bonchev–Trinajstić information content (AvgIpc) is 2.75. The predicted octanol–water partition coefficient (Wildman–Crippen LogP) is 2.61. The van der Waals surface area contributed by atoms with E-state index in [2.05, 4.69) is 20.5 Å². The van der Waals surface area contributed by atoms with Gasteiger partial charge in [0.05, 0.1) is 5.02 Å². The van der Waals surface area contributed by atoms with Crippen LogP contribution in [0.1, 0.15) is 16.2 Å². The lowest BCUT2D eigenvalue weighted by Crippen LogP contribution is -2.12. The van der Waals surface area contributed by atoms with E-state index in [0.717, 1.165) is 5.69 Å². The molecule has 84 valence electrons. The van der Waals surface area contributed by atoms with Crippen molar-refractivity contribution in [1.29, 1.82) is 0 Å². The fourth-order valence-electron chi connectivity index (χ4n) is 1.19. The third kappa shape index (κ3) is 2.20. The number of amides is 1. The maximum atomic E-state index is 11.7. The minimum absolute atomic E-state index is 0.241. The van der Waals surface area contributed by atoms with Gasteiger partial charge in [-0.1, -0.05) is 23.2 Å². The van der Waals surface area contributed by atoms with Crippen molar-refractivity contribution >= 4 is 34.9 Å². The first-order chi connectivity index (χ1) is 7.56. The molecule has 0 aliphatic heterocycles. The van der Waals surface area contributed by atoms with E-state index in [1.54, 1.807) is 6.07 Å². The standard InChI is InChI=1S/C9H8Cl2N4O/c1-4-2-7(15-14-4)13-9(16)6-3-5(10)8(11)12-6/h2-3,12H,1H3,(H2,13,14,15,16). The van der Waals surface area contributed by atoms with Gasteiger partial charge in [0, 0.05) is 11.8 Å². The molecule has 1 amide bonds. The van der Waals surface area contributed by atoms with Crippen LogP contribution in [0.5, 0.6) is 0 Å². The number of aromatic amines is 2. The van der Waals surface area contributed by atoms with Gasteiger partial charge in [0.15, 0.2) is 5.82 Å². The number of rotatable bonds is 2. The molecular weight excluding hydrogens is 251 g/mol. The number of carbonyl (C=O) groups excluding carboxylic acids is 1. The van der Waals surface area contributed by atoms with Crippen LogP contribution in [0.3, 0.4) is 0 Å². The molecule has 0 fully saturated rings. The highest BCUT2D eigenvalue weighted by molar-refractivity contribution is 6.41. The molecule has 7 heteroatoms. The molecule has 0 spiro atoms. The summed E-state index contributed by atoms with van der Waals surface area (Å²) in [5, 5.41) is 9.73.